The molecule has 1 fully saturated rings. The normalized spacial score (nSPS) is 15.8. The van der Waals surface area contributed by atoms with Gasteiger partial charge in [-0.25, -0.2) is 4.99 Å². The first-order valence-corrected chi connectivity index (χ1v) is 12.5. The van der Waals surface area contributed by atoms with Crippen LogP contribution < -0.4 is 4.74 Å². The molecular weight excluding hydrogens is 498 g/mol. The fraction of sp³-hybridized carbons (Fsp3) is 0.185. The van der Waals surface area contributed by atoms with Crippen LogP contribution in [-0.2, 0) is 11.4 Å². The van der Waals surface area contributed by atoms with Crippen LogP contribution in [0.25, 0.3) is 6.08 Å². The highest BCUT2D eigenvalue weighted by atomic mass is 35.5. The number of amides is 1. The van der Waals surface area contributed by atoms with Crippen molar-refractivity contribution in [1.29, 1.82) is 0 Å². The molecule has 1 amide bonds. The highest BCUT2D eigenvalue weighted by Crippen LogP contribution is 2.35. The number of nitro benzene ring substituents is 1. The van der Waals surface area contributed by atoms with Crippen LogP contribution in [-0.4, -0.2) is 27.4 Å². The molecule has 0 N–H and O–H groups in total. The van der Waals surface area contributed by atoms with Crippen molar-refractivity contribution in [2.24, 2.45) is 10.9 Å². The Morgan fingerprint density at radius 1 is 1.11 bits per heavy atom. The summed E-state index contributed by atoms with van der Waals surface area (Å²) in [6.07, 6.45) is 1.84. The Balaban J connectivity index is 1.48. The summed E-state index contributed by atoms with van der Waals surface area (Å²) in [5.41, 5.74) is 2.32. The maximum Gasteiger partial charge on any atom is 0.269 e. The number of rotatable bonds is 8. The largest absolute Gasteiger partial charge is 0.489 e. The molecule has 1 aliphatic rings. The highest BCUT2D eigenvalue weighted by Gasteiger charge is 2.33. The predicted molar refractivity (Wildman–Crippen MR) is 145 cm³/mol. The lowest BCUT2D eigenvalue weighted by Crippen LogP contribution is -2.32. The van der Waals surface area contributed by atoms with Crippen molar-refractivity contribution in [3.63, 3.8) is 0 Å². The summed E-state index contributed by atoms with van der Waals surface area (Å²) in [7, 11) is 0. The van der Waals surface area contributed by atoms with Gasteiger partial charge in [0.05, 0.1) is 15.5 Å². The molecule has 3 aromatic carbocycles. The summed E-state index contributed by atoms with van der Waals surface area (Å²) in [6.45, 7) is 4.91. The van der Waals surface area contributed by atoms with Crippen LogP contribution >= 0.6 is 23.4 Å². The second kappa shape index (κ2) is 11.4. The average Bonchev–Trinajstić information content (AvgIpc) is 3.13. The lowest BCUT2D eigenvalue weighted by molar-refractivity contribution is -0.384. The third-order valence-corrected chi connectivity index (χ3v) is 6.45. The van der Waals surface area contributed by atoms with E-state index in [-0.39, 0.29) is 24.1 Å². The van der Waals surface area contributed by atoms with Crippen LogP contribution in [0.5, 0.6) is 5.75 Å². The summed E-state index contributed by atoms with van der Waals surface area (Å²) < 4.78 is 5.77. The predicted octanol–water partition coefficient (Wildman–Crippen LogP) is 7.09. The number of carbonyl (C=O) groups excluding carboxylic acids is 1. The molecule has 1 heterocycles. The highest BCUT2D eigenvalue weighted by molar-refractivity contribution is 8.18. The molecule has 4 rings (SSSR count). The Hall–Kier alpha value is -3.62. The summed E-state index contributed by atoms with van der Waals surface area (Å²) in [6, 6.07) is 20.9. The van der Waals surface area contributed by atoms with E-state index in [1.54, 1.807) is 29.2 Å². The van der Waals surface area contributed by atoms with Gasteiger partial charge in [-0.1, -0.05) is 49.7 Å². The molecule has 0 bridgehead atoms. The van der Waals surface area contributed by atoms with Gasteiger partial charge < -0.3 is 4.74 Å². The maximum atomic E-state index is 13.2. The van der Waals surface area contributed by atoms with Gasteiger partial charge in [0.25, 0.3) is 11.6 Å². The third-order valence-electron chi connectivity index (χ3n) is 5.19. The van der Waals surface area contributed by atoms with Crippen molar-refractivity contribution in [2.45, 2.75) is 20.5 Å². The minimum Gasteiger partial charge on any atom is -0.489 e. The molecule has 0 unspecified atom stereocenters. The van der Waals surface area contributed by atoms with Crippen LogP contribution in [0.4, 0.5) is 11.4 Å². The first-order chi connectivity index (χ1) is 17.3. The molecule has 0 radical (unpaired) electrons. The zero-order chi connectivity index (χ0) is 25.7. The minimum absolute atomic E-state index is 0.0299. The number of carbonyl (C=O) groups is 1. The van der Waals surface area contributed by atoms with E-state index in [4.69, 9.17) is 16.3 Å². The molecule has 9 heteroatoms. The number of non-ortho nitro benzene ring substituents is 1. The molecule has 1 aliphatic heterocycles. The van der Waals surface area contributed by atoms with Crippen LogP contribution in [0.1, 0.15) is 25.0 Å². The van der Waals surface area contributed by atoms with Gasteiger partial charge >= 0.3 is 0 Å². The fourth-order valence-electron chi connectivity index (χ4n) is 3.48. The van der Waals surface area contributed by atoms with Gasteiger partial charge in [-0.05, 0) is 71.3 Å². The van der Waals surface area contributed by atoms with Gasteiger partial charge in [0, 0.05) is 23.7 Å². The van der Waals surface area contributed by atoms with Gasteiger partial charge in [-0.15, -0.1) is 0 Å². The van der Waals surface area contributed by atoms with Crippen molar-refractivity contribution in [3.05, 3.63) is 104 Å². The summed E-state index contributed by atoms with van der Waals surface area (Å²) >= 11 is 7.33. The van der Waals surface area contributed by atoms with Gasteiger partial charge in [0.2, 0.25) is 0 Å². The topological polar surface area (TPSA) is 85.0 Å². The molecule has 0 saturated carbocycles. The number of hydrogen-bond donors (Lipinski definition) is 0. The number of thioether (sulfide) groups is 1. The van der Waals surface area contributed by atoms with E-state index >= 15 is 0 Å². The monoisotopic (exact) mass is 521 g/mol. The van der Waals surface area contributed by atoms with Crippen LogP contribution in [0.2, 0.25) is 5.02 Å². The smallest absolute Gasteiger partial charge is 0.269 e. The molecule has 0 aliphatic carbocycles. The van der Waals surface area contributed by atoms with E-state index in [2.05, 4.69) is 18.8 Å². The van der Waals surface area contributed by atoms with Gasteiger partial charge in [0.1, 0.15) is 12.4 Å². The minimum atomic E-state index is -0.429. The Labute approximate surface area is 218 Å². The van der Waals surface area contributed by atoms with Crippen LogP contribution in [0.3, 0.4) is 0 Å². The lowest BCUT2D eigenvalue weighted by Gasteiger charge is -2.17. The molecular formula is C27H24ClN3O4S. The number of nitro groups is 1. The van der Waals surface area contributed by atoms with E-state index < -0.39 is 4.92 Å². The first kappa shape index (κ1) is 25.5. The fourth-order valence-corrected chi connectivity index (χ4v) is 4.62. The number of nitrogens with zero attached hydrogens (tertiary/aromatic N) is 3. The second-order valence-electron chi connectivity index (χ2n) is 8.58. The van der Waals surface area contributed by atoms with Crippen molar-refractivity contribution >= 4 is 51.9 Å². The molecule has 184 valence electrons. The quantitative estimate of drug-likeness (QED) is 0.179. The van der Waals surface area contributed by atoms with E-state index in [9.17, 15) is 14.9 Å². The molecule has 0 spiro atoms. The lowest BCUT2D eigenvalue weighted by atomic mass is 10.2. The number of amidine groups is 1. The zero-order valence-corrected chi connectivity index (χ0v) is 21.3. The van der Waals surface area contributed by atoms with Gasteiger partial charge in [-0.3, -0.25) is 19.8 Å². The molecule has 36 heavy (non-hydrogen) atoms. The Morgan fingerprint density at radius 2 is 1.83 bits per heavy atom. The molecule has 0 aromatic heterocycles. The van der Waals surface area contributed by atoms with Gasteiger partial charge in [0.15, 0.2) is 5.17 Å². The molecule has 3 aromatic rings. The first-order valence-electron chi connectivity index (χ1n) is 11.3. The van der Waals surface area contributed by atoms with E-state index in [1.165, 1.54) is 23.9 Å². The average molecular weight is 522 g/mol. The van der Waals surface area contributed by atoms with E-state index in [1.807, 2.05) is 42.5 Å². The summed E-state index contributed by atoms with van der Waals surface area (Å²) in [4.78, 5) is 30.7. The summed E-state index contributed by atoms with van der Waals surface area (Å²) in [5.74, 6) is 0.833. The zero-order valence-electron chi connectivity index (χ0n) is 19.8. The maximum absolute atomic E-state index is 13.2. The third kappa shape index (κ3) is 6.53. The number of benzene rings is 3. The van der Waals surface area contributed by atoms with Crippen molar-refractivity contribution < 1.29 is 14.5 Å². The SMILES string of the molecule is CC(C)CN1C(=O)/C(=C/c2ccc(OCc3cccc([N+](=O)[O-])c3)cc2)SC1=Nc1ccc(Cl)cc1. The second-order valence-corrected chi connectivity index (χ2v) is 10.0. The number of aliphatic imine (C=N–C) groups is 1. The van der Waals surface area contributed by atoms with E-state index in [0.29, 0.717) is 33.0 Å². The Bertz CT molecular complexity index is 1320. The Kier molecular flexibility index (Phi) is 8.07. The summed E-state index contributed by atoms with van der Waals surface area (Å²) in [5, 5.41) is 12.2. The molecule has 7 nitrogen and oxygen atoms in total. The van der Waals surface area contributed by atoms with Crippen LogP contribution in [0, 0.1) is 16.0 Å². The van der Waals surface area contributed by atoms with Crippen molar-refractivity contribution in [1.82, 2.24) is 4.90 Å². The van der Waals surface area contributed by atoms with Gasteiger partial charge in [-0.2, -0.15) is 0 Å². The number of ether oxygens (including phenoxy) is 1. The number of hydrogen-bond acceptors (Lipinski definition) is 6. The number of halogens is 1. The Morgan fingerprint density at radius 3 is 2.50 bits per heavy atom. The van der Waals surface area contributed by atoms with E-state index in [0.717, 1.165) is 11.3 Å². The van der Waals surface area contributed by atoms with Crippen molar-refractivity contribution in [3.8, 4) is 5.75 Å². The van der Waals surface area contributed by atoms with Crippen molar-refractivity contribution in [2.75, 3.05) is 6.54 Å². The molecule has 0 atom stereocenters. The molecule has 1 saturated heterocycles. The standard InChI is InChI=1S/C27H24ClN3O4S/c1-18(2)16-30-26(32)25(36-27(30)29-22-10-8-21(28)9-11-22)15-19-6-12-24(13-7-19)35-17-20-4-3-5-23(14-20)31(33)34/h3-15,18H,16-17H2,1-2H3/b25-15-,29-27?. The van der Waals surface area contributed by atoms with Crippen LogP contribution in [0.15, 0.2) is 82.7 Å².